The second-order valence-corrected chi connectivity index (χ2v) is 5.41. The Morgan fingerprint density at radius 2 is 1.52 bits per heavy atom. The van der Waals surface area contributed by atoms with Crippen molar-refractivity contribution in [1.29, 1.82) is 0 Å². The van der Waals surface area contributed by atoms with Crippen molar-refractivity contribution in [2.45, 2.75) is 6.92 Å². The second kappa shape index (κ2) is 9.23. The van der Waals surface area contributed by atoms with Gasteiger partial charge < -0.3 is 9.47 Å². The maximum Gasteiger partial charge on any atom is 0.333 e. The van der Waals surface area contributed by atoms with Crippen molar-refractivity contribution in [1.82, 2.24) is 0 Å². The van der Waals surface area contributed by atoms with Crippen LogP contribution in [0.5, 0.6) is 0 Å². The van der Waals surface area contributed by atoms with Gasteiger partial charge in [0.2, 0.25) is 0 Å². The van der Waals surface area contributed by atoms with Gasteiger partial charge in [-0.3, -0.25) is 0 Å². The van der Waals surface area contributed by atoms with E-state index in [1.165, 1.54) is 6.08 Å². The molecule has 0 atom stereocenters. The predicted molar refractivity (Wildman–Crippen MR) is 97.6 cm³/mol. The minimum absolute atomic E-state index is 0.00907. The second-order valence-electron chi connectivity index (χ2n) is 5.41. The third kappa shape index (κ3) is 6.11. The molecular formula is C21H20O4. The Labute approximate surface area is 147 Å². The lowest BCUT2D eigenvalue weighted by atomic mass is 10.0. The van der Waals surface area contributed by atoms with Crippen molar-refractivity contribution in [2.75, 3.05) is 13.2 Å². The van der Waals surface area contributed by atoms with Gasteiger partial charge in [0.25, 0.3) is 0 Å². The zero-order valence-electron chi connectivity index (χ0n) is 14.1. The lowest BCUT2D eigenvalue weighted by Gasteiger charge is -2.04. The monoisotopic (exact) mass is 336 g/mol. The van der Waals surface area contributed by atoms with Gasteiger partial charge in [-0.25, -0.2) is 9.59 Å². The average Bonchev–Trinajstić information content (AvgIpc) is 2.64. The summed E-state index contributed by atoms with van der Waals surface area (Å²) in [6.07, 6.45) is 3.02. The first kappa shape index (κ1) is 18.2. The van der Waals surface area contributed by atoms with Crippen molar-refractivity contribution in [3.05, 3.63) is 78.4 Å². The van der Waals surface area contributed by atoms with Crippen LogP contribution in [0.1, 0.15) is 12.5 Å². The maximum atomic E-state index is 11.6. The summed E-state index contributed by atoms with van der Waals surface area (Å²) in [6.45, 7) is 5.04. The molecule has 2 aromatic carbocycles. The van der Waals surface area contributed by atoms with Gasteiger partial charge in [-0.05, 0) is 29.7 Å². The van der Waals surface area contributed by atoms with Crippen molar-refractivity contribution in [2.24, 2.45) is 0 Å². The van der Waals surface area contributed by atoms with Gasteiger partial charge in [-0.2, -0.15) is 0 Å². The van der Waals surface area contributed by atoms with Gasteiger partial charge in [0.15, 0.2) is 0 Å². The van der Waals surface area contributed by atoms with E-state index in [1.807, 2.05) is 54.6 Å². The van der Waals surface area contributed by atoms with Crippen molar-refractivity contribution < 1.29 is 19.1 Å². The quantitative estimate of drug-likeness (QED) is 0.435. The van der Waals surface area contributed by atoms with E-state index in [1.54, 1.807) is 13.0 Å². The van der Waals surface area contributed by atoms with E-state index in [9.17, 15) is 9.59 Å². The highest BCUT2D eigenvalue weighted by atomic mass is 16.6. The number of carbonyl (C=O) groups excluding carboxylic acids is 2. The maximum absolute atomic E-state index is 11.6. The Kier molecular flexibility index (Phi) is 6.72. The van der Waals surface area contributed by atoms with Crippen LogP contribution in [0.2, 0.25) is 0 Å². The first-order valence-electron chi connectivity index (χ1n) is 7.89. The SMILES string of the molecule is C=C(C)C(=O)OCCOC(=O)/C=C/c1ccc(-c2ccccc2)cc1. The van der Waals surface area contributed by atoms with Crippen LogP contribution in [0.25, 0.3) is 17.2 Å². The zero-order valence-corrected chi connectivity index (χ0v) is 14.1. The van der Waals surface area contributed by atoms with Crippen LogP contribution in [0.15, 0.2) is 72.8 Å². The molecule has 0 heterocycles. The molecule has 0 aliphatic carbocycles. The molecule has 0 unspecified atom stereocenters. The summed E-state index contributed by atoms with van der Waals surface area (Å²) in [5.41, 5.74) is 3.46. The number of benzene rings is 2. The molecule has 0 spiro atoms. The number of hydrogen-bond acceptors (Lipinski definition) is 4. The third-order valence-corrected chi connectivity index (χ3v) is 3.34. The fourth-order valence-electron chi connectivity index (χ4n) is 2.03. The smallest absolute Gasteiger partial charge is 0.333 e. The summed E-state index contributed by atoms with van der Waals surface area (Å²) in [7, 11) is 0. The molecule has 4 heteroatoms. The summed E-state index contributed by atoms with van der Waals surface area (Å²) in [6, 6.07) is 17.9. The van der Waals surface area contributed by atoms with Crippen LogP contribution in [0.4, 0.5) is 0 Å². The predicted octanol–water partition coefficient (Wildman–Crippen LogP) is 4.03. The topological polar surface area (TPSA) is 52.6 Å². The Bertz CT molecular complexity index is 758. The van der Waals surface area contributed by atoms with E-state index < -0.39 is 11.9 Å². The fraction of sp³-hybridized carbons (Fsp3) is 0.143. The lowest BCUT2D eigenvalue weighted by Crippen LogP contribution is -2.12. The Morgan fingerprint density at radius 1 is 0.920 bits per heavy atom. The Balaban J connectivity index is 1.80. The number of esters is 2. The standard InChI is InChI=1S/C21H20O4/c1-16(2)21(23)25-15-14-24-20(22)13-10-17-8-11-19(12-9-17)18-6-4-3-5-7-18/h3-13H,1,14-15H2,2H3/b13-10+. The molecule has 0 amide bonds. The summed E-state index contributed by atoms with van der Waals surface area (Å²) < 4.78 is 9.79. The van der Waals surface area contributed by atoms with Crippen LogP contribution in [-0.4, -0.2) is 25.2 Å². The van der Waals surface area contributed by atoms with Crippen molar-refractivity contribution in [3.8, 4) is 11.1 Å². The summed E-state index contributed by atoms with van der Waals surface area (Å²) in [5, 5.41) is 0. The molecule has 128 valence electrons. The number of hydrogen-bond donors (Lipinski definition) is 0. The van der Waals surface area contributed by atoms with Crippen LogP contribution in [0.3, 0.4) is 0 Å². The molecule has 0 aliphatic rings. The van der Waals surface area contributed by atoms with Gasteiger partial charge in [-0.15, -0.1) is 0 Å². The molecule has 2 rings (SSSR count). The van der Waals surface area contributed by atoms with E-state index in [0.717, 1.165) is 16.7 Å². The molecule has 4 nitrogen and oxygen atoms in total. The molecule has 0 N–H and O–H groups in total. The summed E-state index contributed by atoms with van der Waals surface area (Å²) in [5.74, 6) is -0.983. The van der Waals surface area contributed by atoms with E-state index in [4.69, 9.17) is 9.47 Å². The number of rotatable bonds is 7. The average molecular weight is 336 g/mol. The first-order valence-corrected chi connectivity index (χ1v) is 7.89. The van der Waals surface area contributed by atoms with Crippen molar-refractivity contribution >= 4 is 18.0 Å². The highest BCUT2D eigenvalue weighted by Gasteiger charge is 2.03. The molecule has 25 heavy (non-hydrogen) atoms. The molecule has 0 saturated heterocycles. The van der Waals surface area contributed by atoms with Crippen LogP contribution in [-0.2, 0) is 19.1 Å². The third-order valence-electron chi connectivity index (χ3n) is 3.34. The van der Waals surface area contributed by atoms with E-state index in [2.05, 4.69) is 6.58 Å². The normalized spacial score (nSPS) is 10.4. The van der Waals surface area contributed by atoms with Crippen LogP contribution >= 0.6 is 0 Å². The Hall–Kier alpha value is -3.14. The Morgan fingerprint density at radius 3 is 2.16 bits per heavy atom. The molecule has 2 aromatic rings. The number of carbonyl (C=O) groups is 2. The molecule has 0 aliphatic heterocycles. The largest absolute Gasteiger partial charge is 0.459 e. The van der Waals surface area contributed by atoms with Crippen molar-refractivity contribution in [3.63, 3.8) is 0 Å². The highest BCUT2D eigenvalue weighted by molar-refractivity contribution is 5.87. The summed E-state index contributed by atoms with van der Waals surface area (Å²) in [4.78, 5) is 22.8. The minimum atomic E-state index is -0.495. The zero-order chi connectivity index (χ0) is 18.1. The van der Waals surface area contributed by atoms with Gasteiger partial charge in [0, 0.05) is 11.6 Å². The fourth-order valence-corrected chi connectivity index (χ4v) is 2.03. The van der Waals surface area contributed by atoms with E-state index >= 15 is 0 Å². The van der Waals surface area contributed by atoms with Gasteiger partial charge in [0.05, 0.1) is 0 Å². The van der Waals surface area contributed by atoms with Crippen LogP contribution in [0, 0.1) is 0 Å². The number of ether oxygens (including phenoxy) is 2. The molecule has 0 bridgehead atoms. The summed E-state index contributed by atoms with van der Waals surface area (Å²) >= 11 is 0. The van der Waals surface area contributed by atoms with Gasteiger partial charge >= 0.3 is 11.9 Å². The highest BCUT2D eigenvalue weighted by Crippen LogP contribution is 2.19. The molecule has 0 saturated carbocycles. The molecule has 0 fully saturated rings. The first-order chi connectivity index (χ1) is 12.1. The molecular weight excluding hydrogens is 316 g/mol. The lowest BCUT2D eigenvalue weighted by molar-refractivity contribution is -0.146. The van der Waals surface area contributed by atoms with E-state index in [-0.39, 0.29) is 13.2 Å². The minimum Gasteiger partial charge on any atom is -0.459 e. The molecule has 0 aromatic heterocycles. The van der Waals surface area contributed by atoms with Gasteiger partial charge in [0.1, 0.15) is 13.2 Å². The molecule has 0 radical (unpaired) electrons. The van der Waals surface area contributed by atoms with Crippen LogP contribution < -0.4 is 0 Å². The van der Waals surface area contributed by atoms with E-state index in [0.29, 0.717) is 5.57 Å². The van der Waals surface area contributed by atoms with Gasteiger partial charge in [-0.1, -0.05) is 61.2 Å².